The fraction of sp³-hybridized carbons (Fsp3) is 0.333. The molecule has 0 saturated heterocycles. The van der Waals surface area contributed by atoms with Crippen molar-refractivity contribution in [3.63, 3.8) is 0 Å². The van der Waals surface area contributed by atoms with E-state index < -0.39 is 5.97 Å². The van der Waals surface area contributed by atoms with Crippen molar-refractivity contribution in [1.29, 1.82) is 0 Å². The van der Waals surface area contributed by atoms with Crippen molar-refractivity contribution in [1.82, 2.24) is 5.32 Å². The summed E-state index contributed by atoms with van der Waals surface area (Å²) < 4.78 is 9.77. The molecule has 0 rings (SSSR count). The summed E-state index contributed by atoms with van der Waals surface area (Å²) in [6.45, 7) is 0.369. The van der Waals surface area contributed by atoms with E-state index in [0.717, 1.165) is 0 Å². The molecule has 5 heteroatoms. The van der Waals surface area contributed by atoms with Crippen LogP contribution in [0.1, 0.15) is 0 Å². The summed E-state index contributed by atoms with van der Waals surface area (Å²) in [5, 5.41) is 10.8. The van der Waals surface area contributed by atoms with E-state index in [0.29, 0.717) is 6.54 Å². The molecule has 0 atom stereocenters. The molecule has 0 bridgehead atoms. The first-order valence-electron chi connectivity index (χ1n) is 2.92. The number of nitrogens with one attached hydrogen (secondary N) is 1. The molecular weight excluding hydrogens is 165 g/mol. The zero-order valence-electron chi connectivity index (χ0n) is 5.78. The average Bonchev–Trinajstić information content (AvgIpc) is 1.96. The molecule has 0 aromatic carbocycles. The Balaban J connectivity index is 3.32. The van der Waals surface area contributed by atoms with Crippen LogP contribution in [0.25, 0.3) is 0 Å². The number of allylic oxidation sites excluding steroid dienone is 1. The molecule has 0 aliphatic heterocycles. The van der Waals surface area contributed by atoms with Crippen molar-refractivity contribution in [2.45, 2.75) is 0 Å². The molecule has 0 unspecified atom stereocenters. The monoisotopic (exact) mass is 173 g/mol. The first-order chi connectivity index (χ1) is 5.27. The maximum atomic E-state index is 9.93. The van der Waals surface area contributed by atoms with Crippen LogP contribution in [-0.4, -0.2) is 24.2 Å². The zero-order valence-corrected chi connectivity index (χ0v) is 6.67. The van der Waals surface area contributed by atoms with Gasteiger partial charge in [0.1, 0.15) is 0 Å². The number of carbonyl (C=O) groups is 1. The average molecular weight is 173 g/mol. The third kappa shape index (κ3) is 9.18. The molecule has 0 spiro atoms. The Morgan fingerprint density at radius 2 is 2.45 bits per heavy atom. The number of hydrogen-bond donors (Lipinski definition) is 2. The number of aliphatic carboxylic acids is 1. The van der Waals surface area contributed by atoms with E-state index in [-0.39, 0.29) is 14.5 Å². The number of carboxylic acids is 1. The van der Waals surface area contributed by atoms with Gasteiger partial charge in [-0.1, -0.05) is 0 Å². The van der Waals surface area contributed by atoms with Crippen LogP contribution in [0.2, 0.25) is 0 Å². The van der Waals surface area contributed by atoms with E-state index >= 15 is 0 Å². The molecule has 60 valence electrons. The van der Waals surface area contributed by atoms with Gasteiger partial charge in [0.2, 0.25) is 0 Å². The number of carboxylic acid groups (broad SMARTS) is 1. The van der Waals surface area contributed by atoms with Crippen LogP contribution >= 0.6 is 7.92 Å². The van der Waals surface area contributed by atoms with Crippen molar-refractivity contribution < 1.29 is 14.5 Å². The Morgan fingerprint density at radius 3 is 3.00 bits per heavy atom. The van der Waals surface area contributed by atoms with Gasteiger partial charge in [-0.2, -0.15) is 0 Å². The van der Waals surface area contributed by atoms with Crippen LogP contribution < -0.4 is 5.32 Å². The van der Waals surface area contributed by atoms with Gasteiger partial charge in [-0.15, -0.1) is 0 Å². The van der Waals surface area contributed by atoms with Crippen LogP contribution in [0.5, 0.6) is 0 Å². The summed E-state index contributed by atoms with van der Waals surface area (Å²) in [7, 11) is -0.165. The summed E-state index contributed by atoms with van der Waals surface area (Å²) >= 11 is 0. The van der Waals surface area contributed by atoms with Crippen molar-refractivity contribution in [2.24, 2.45) is 0 Å². The fourth-order valence-electron chi connectivity index (χ4n) is 0.404. The van der Waals surface area contributed by atoms with Gasteiger partial charge in [-0.3, -0.25) is 0 Å². The summed E-state index contributed by atoms with van der Waals surface area (Å²) in [5.74, 6) is -0.895. The molecule has 0 aliphatic carbocycles. The minimum absolute atomic E-state index is 0.0700. The predicted molar refractivity (Wildman–Crippen MR) is 41.1 cm³/mol. The molecule has 0 saturated carbocycles. The number of rotatable bonds is 4. The van der Waals surface area contributed by atoms with E-state index in [9.17, 15) is 9.36 Å². The maximum absolute atomic E-state index is 9.93. The summed E-state index contributed by atoms with van der Waals surface area (Å²) in [4.78, 5) is 9.93. The van der Waals surface area contributed by atoms with Gasteiger partial charge in [0.05, 0.1) is 0 Å². The van der Waals surface area contributed by atoms with Crippen LogP contribution in [0.15, 0.2) is 12.2 Å². The number of hydrogen-bond acceptors (Lipinski definition) is 3. The van der Waals surface area contributed by atoms with Crippen LogP contribution in [0, 0.1) is 5.63 Å². The molecule has 4 nitrogen and oxygen atoms in total. The van der Waals surface area contributed by atoms with Crippen LogP contribution in [0.3, 0.4) is 0 Å². The van der Waals surface area contributed by atoms with Crippen molar-refractivity contribution in [3.8, 4) is 5.63 Å². The molecule has 0 amide bonds. The van der Waals surface area contributed by atoms with E-state index in [1.54, 1.807) is 6.08 Å². The molecule has 0 aromatic rings. The predicted octanol–water partition coefficient (Wildman–Crippen LogP) is 0.468. The van der Waals surface area contributed by atoms with Gasteiger partial charge >= 0.3 is 64.5 Å². The van der Waals surface area contributed by atoms with E-state index in [1.165, 1.54) is 6.08 Å². The second kappa shape index (κ2) is 7.29. The Morgan fingerprint density at radius 1 is 1.73 bits per heavy atom. The van der Waals surface area contributed by atoms with Gasteiger partial charge in [0.25, 0.3) is 0 Å². The summed E-state index contributed by atoms with van der Waals surface area (Å²) in [6.07, 6.45) is 3.11. The Labute approximate surface area is 65.4 Å². The fourth-order valence-corrected chi connectivity index (χ4v) is 0.571. The summed E-state index contributed by atoms with van der Waals surface area (Å²) in [6, 6.07) is 0. The second-order valence-electron chi connectivity index (χ2n) is 1.65. The van der Waals surface area contributed by atoms with Gasteiger partial charge < -0.3 is 0 Å². The molecule has 0 heterocycles. The first-order valence-corrected chi connectivity index (χ1v) is 3.74. The topological polar surface area (TPSA) is 66.4 Å². The Kier molecular flexibility index (Phi) is 6.75. The second-order valence-corrected chi connectivity index (χ2v) is 2.09. The Bertz CT molecular complexity index is 242. The van der Waals surface area contributed by atoms with Crippen LogP contribution in [-0.2, 0) is 9.36 Å². The normalized spacial score (nSPS) is 9.45. The molecule has 0 aliphatic rings. The standard InChI is InChI=1S/C6H8NO3P/c8-6(9)5-7-3-1-2-4-11-10/h1-2,7H,3,5H2,(H,8,9). The van der Waals surface area contributed by atoms with Gasteiger partial charge in [-0.05, 0) is 0 Å². The molecule has 0 fully saturated rings. The van der Waals surface area contributed by atoms with Crippen LogP contribution in [0.4, 0.5) is 0 Å². The third-order valence-corrected chi connectivity index (χ3v) is 1.04. The Hall–Kier alpha value is -0.820. The van der Waals surface area contributed by atoms with Crippen molar-refractivity contribution in [3.05, 3.63) is 12.2 Å². The molecule has 0 radical (unpaired) electrons. The van der Waals surface area contributed by atoms with E-state index in [2.05, 4.69) is 10.9 Å². The first kappa shape index (κ1) is 10.2. The quantitative estimate of drug-likeness (QED) is 0.479. The van der Waals surface area contributed by atoms with Gasteiger partial charge in [0, 0.05) is 0 Å². The summed E-state index contributed by atoms with van der Waals surface area (Å²) in [5.41, 5.74) is 2.39. The molecule has 11 heavy (non-hydrogen) atoms. The molecule has 2 N–H and O–H groups in total. The zero-order chi connectivity index (χ0) is 8.53. The molecule has 0 aromatic heterocycles. The van der Waals surface area contributed by atoms with Crippen molar-refractivity contribution >= 4 is 13.9 Å². The van der Waals surface area contributed by atoms with E-state index in [4.69, 9.17) is 5.11 Å². The third-order valence-electron chi connectivity index (χ3n) is 0.784. The van der Waals surface area contributed by atoms with E-state index in [1.807, 2.05) is 0 Å². The van der Waals surface area contributed by atoms with Gasteiger partial charge in [0.15, 0.2) is 0 Å². The minimum atomic E-state index is -0.895. The van der Waals surface area contributed by atoms with Crippen molar-refractivity contribution in [2.75, 3.05) is 13.1 Å². The molecular formula is C6H8NO3P. The SMILES string of the molecule is O=P#CC=CCNCC(=O)O. The van der Waals surface area contributed by atoms with Gasteiger partial charge in [-0.25, -0.2) is 0 Å².